The van der Waals surface area contributed by atoms with Gasteiger partial charge in [0.25, 0.3) is 5.91 Å². The van der Waals surface area contributed by atoms with Crippen molar-refractivity contribution < 1.29 is 4.79 Å². The van der Waals surface area contributed by atoms with Crippen LogP contribution in [0.5, 0.6) is 0 Å². The molecular formula is C16H23BrN2O. The molecule has 2 unspecified atom stereocenters. The van der Waals surface area contributed by atoms with Crippen LogP contribution in [0.25, 0.3) is 0 Å². The van der Waals surface area contributed by atoms with Gasteiger partial charge in [0.2, 0.25) is 0 Å². The highest BCUT2D eigenvalue weighted by Gasteiger charge is 2.21. The van der Waals surface area contributed by atoms with E-state index in [1.54, 1.807) is 0 Å². The predicted molar refractivity (Wildman–Crippen MR) is 85.9 cm³/mol. The molecule has 1 fully saturated rings. The van der Waals surface area contributed by atoms with Crippen LogP contribution in [-0.4, -0.2) is 36.5 Å². The van der Waals surface area contributed by atoms with Gasteiger partial charge in [-0.3, -0.25) is 9.69 Å². The van der Waals surface area contributed by atoms with Crippen LogP contribution in [-0.2, 0) is 0 Å². The molecule has 0 radical (unpaired) electrons. The topological polar surface area (TPSA) is 32.3 Å². The van der Waals surface area contributed by atoms with Crippen LogP contribution in [0.4, 0.5) is 0 Å². The fourth-order valence-corrected chi connectivity index (χ4v) is 3.20. The van der Waals surface area contributed by atoms with E-state index < -0.39 is 0 Å². The summed E-state index contributed by atoms with van der Waals surface area (Å²) in [6.07, 6.45) is 2.59. The monoisotopic (exact) mass is 338 g/mol. The van der Waals surface area contributed by atoms with E-state index in [9.17, 15) is 4.79 Å². The normalized spacial score (nSPS) is 21.4. The molecule has 1 saturated heterocycles. The zero-order chi connectivity index (χ0) is 14.5. The van der Waals surface area contributed by atoms with Crippen LogP contribution in [0.3, 0.4) is 0 Å². The third kappa shape index (κ3) is 4.06. The molecule has 0 aliphatic carbocycles. The Kier molecular flexibility index (Phi) is 5.61. The van der Waals surface area contributed by atoms with Gasteiger partial charge in [0, 0.05) is 23.6 Å². The first-order valence-corrected chi connectivity index (χ1v) is 8.14. The summed E-state index contributed by atoms with van der Waals surface area (Å²) in [4.78, 5) is 14.6. The number of carbonyl (C=O) groups excluding carboxylic acids is 1. The zero-order valence-electron chi connectivity index (χ0n) is 12.2. The second kappa shape index (κ2) is 7.23. The van der Waals surface area contributed by atoms with Gasteiger partial charge in [-0.25, -0.2) is 0 Å². The summed E-state index contributed by atoms with van der Waals surface area (Å²) in [5.74, 6) is 0.763. The Morgan fingerprint density at radius 3 is 2.95 bits per heavy atom. The number of nitrogens with zero attached hydrogens (tertiary/aromatic N) is 1. The molecule has 4 heteroatoms. The zero-order valence-corrected chi connectivity index (χ0v) is 13.8. The predicted octanol–water partition coefficient (Wildman–Crippen LogP) is 3.30. The number of piperidine rings is 1. The van der Waals surface area contributed by atoms with Crippen molar-refractivity contribution in [1.82, 2.24) is 10.2 Å². The molecule has 1 aliphatic rings. The maximum atomic E-state index is 12.2. The van der Waals surface area contributed by atoms with Gasteiger partial charge >= 0.3 is 0 Å². The number of hydrogen-bond donors (Lipinski definition) is 1. The molecule has 2 atom stereocenters. The van der Waals surface area contributed by atoms with Crippen LogP contribution in [0.15, 0.2) is 28.7 Å². The average Bonchev–Trinajstić information content (AvgIpc) is 2.45. The molecule has 0 bridgehead atoms. The van der Waals surface area contributed by atoms with Crippen LogP contribution in [0, 0.1) is 5.92 Å². The number of nitrogens with one attached hydrogen (secondary N) is 1. The summed E-state index contributed by atoms with van der Waals surface area (Å²) in [7, 11) is 0. The van der Waals surface area contributed by atoms with Crippen molar-refractivity contribution >= 4 is 21.8 Å². The second-order valence-electron chi connectivity index (χ2n) is 5.78. The van der Waals surface area contributed by atoms with Crippen LogP contribution in [0.2, 0.25) is 0 Å². The van der Waals surface area contributed by atoms with Crippen molar-refractivity contribution in [3.05, 3.63) is 34.3 Å². The van der Waals surface area contributed by atoms with E-state index in [2.05, 4.69) is 40.0 Å². The van der Waals surface area contributed by atoms with Crippen LogP contribution < -0.4 is 5.32 Å². The summed E-state index contributed by atoms with van der Waals surface area (Å²) in [6.45, 7) is 7.49. The van der Waals surface area contributed by atoms with Gasteiger partial charge in [-0.05, 0) is 60.3 Å². The molecule has 1 aliphatic heterocycles. The Morgan fingerprint density at radius 1 is 1.50 bits per heavy atom. The van der Waals surface area contributed by atoms with Gasteiger partial charge in [0.15, 0.2) is 0 Å². The molecule has 0 spiro atoms. The summed E-state index contributed by atoms with van der Waals surface area (Å²) in [5, 5.41) is 3.04. The third-order valence-corrected chi connectivity index (χ3v) is 4.68. The Bertz CT molecular complexity index is 464. The van der Waals surface area contributed by atoms with Crippen molar-refractivity contribution in [1.29, 1.82) is 0 Å². The molecule has 1 N–H and O–H groups in total. The molecule has 1 aromatic rings. The largest absolute Gasteiger partial charge is 0.350 e. The van der Waals surface area contributed by atoms with Gasteiger partial charge in [0.05, 0.1) is 5.56 Å². The number of halogens is 1. The van der Waals surface area contributed by atoms with Crippen molar-refractivity contribution in [2.45, 2.75) is 32.7 Å². The van der Waals surface area contributed by atoms with E-state index in [-0.39, 0.29) is 5.91 Å². The number of carbonyl (C=O) groups is 1. The van der Waals surface area contributed by atoms with Crippen LogP contribution in [0.1, 0.15) is 37.0 Å². The quantitative estimate of drug-likeness (QED) is 0.913. The van der Waals surface area contributed by atoms with Crippen molar-refractivity contribution in [2.24, 2.45) is 5.92 Å². The van der Waals surface area contributed by atoms with E-state index in [4.69, 9.17) is 0 Å². The Balaban J connectivity index is 1.85. The number of likely N-dealkylation sites (tertiary alicyclic amines) is 1. The molecule has 2 rings (SSSR count). The molecule has 1 aromatic carbocycles. The van der Waals surface area contributed by atoms with E-state index in [0.717, 1.165) is 23.5 Å². The Hall–Kier alpha value is -0.870. The maximum absolute atomic E-state index is 12.2. The lowest BCUT2D eigenvalue weighted by atomic mass is 9.99. The van der Waals surface area contributed by atoms with Gasteiger partial charge in [-0.1, -0.05) is 19.1 Å². The lowest BCUT2D eigenvalue weighted by Crippen LogP contribution is -2.46. The number of amides is 1. The molecule has 0 saturated carbocycles. The highest BCUT2D eigenvalue weighted by molar-refractivity contribution is 9.10. The molecule has 0 aromatic heterocycles. The fraction of sp³-hybridized carbons (Fsp3) is 0.562. The van der Waals surface area contributed by atoms with Gasteiger partial charge in [-0.2, -0.15) is 0 Å². The maximum Gasteiger partial charge on any atom is 0.252 e. The van der Waals surface area contributed by atoms with Gasteiger partial charge < -0.3 is 5.32 Å². The number of rotatable bonds is 4. The number of hydrogen-bond acceptors (Lipinski definition) is 2. The summed E-state index contributed by atoms with van der Waals surface area (Å²) in [6, 6.07) is 7.93. The van der Waals surface area contributed by atoms with E-state index in [1.807, 2.05) is 24.3 Å². The Morgan fingerprint density at radius 2 is 2.25 bits per heavy atom. The average molecular weight is 339 g/mol. The summed E-state index contributed by atoms with van der Waals surface area (Å²) >= 11 is 3.42. The Labute approximate surface area is 129 Å². The highest BCUT2D eigenvalue weighted by atomic mass is 79.9. The molecule has 20 heavy (non-hydrogen) atoms. The lowest BCUT2D eigenvalue weighted by molar-refractivity contribution is 0.0917. The van der Waals surface area contributed by atoms with Crippen molar-refractivity contribution in [3.8, 4) is 0 Å². The third-order valence-electron chi connectivity index (χ3n) is 3.99. The number of benzene rings is 1. The van der Waals surface area contributed by atoms with Crippen molar-refractivity contribution in [2.75, 3.05) is 19.6 Å². The molecule has 1 amide bonds. The molecule has 3 nitrogen and oxygen atoms in total. The van der Waals surface area contributed by atoms with Gasteiger partial charge in [-0.15, -0.1) is 0 Å². The SMILES string of the molecule is CC1CCCN(C(C)CNC(=O)c2ccccc2Br)C1. The lowest BCUT2D eigenvalue weighted by Gasteiger charge is -2.35. The smallest absolute Gasteiger partial charge is 0.252 e. The molecular weight excluding hydrogens is 316 g/mol. The van der Waals surface area contributed by atoms with E-state index in [1.165, 1.54) is 12.8 Å². The second-order valence-corrected chi connectivity index (χ2v) is 6.64. The molecule has 110 valence electrons. The minimum absolute atomic E-state index is 0.00520. The summed E-state index contributed by atoms with van der Waals surface area (Å²) in [5.41, 5.74) is 0.701. The van der Waals surface area contributed by atoms with E-state index in [0.29, 0.717) is 18.2 Å². The first-order chi connectivity index (χ1) is 9.58. The first-order valence-electron chi connectivity index (χ1n) is 7.34. The standard InChI is InChI=1S/C16H23BrN2O/c1-12-6-5-9-19(11-12)13(2)10-18-16(20)14-7-3-4-8-15(14)17/h3-4,7-8,12-13H,5-6,9-11H2,1-2H3,(H,18,20). The minimum Gasteiger partial charge on any atom is -0.350 e. The van der Waals surface area contributed by atoms with E-state index >= 15 is 0 Å². The minimum atomic E-state index is -0.00520. The summed E-state index contributed by atoms with van der Waals surface area (Å²) < 4.78 is 0.844. The highest BCUT2D eigenvalue weighted by Crippen LogP contribution is 2.18. The molecule has 1 heterocycles. The fourth-order valence-electron chi connectivity index (χ4n) is 2.74. The van der Waals surface area contributed by atoms with Crippen LogP contribution >= 0.6 is 15.9 Å². The van der Waals surface area contributed by atoms with Gasteiger partial charge in [0.1, 0.15) is 0 Å². The first kappa shape index (κ1) is 15.5. The van der Waals surface area contributed by atoms with Crippen molar-refractivity contribution in [3.63, 3.8) is 0 Å².